The first kappa shape index (κ1) is 14.4. The highest BCUT2D eigenvalue weighted by Crippen LogP contribution is 2.55. The van der Waals surface area contributed by atoms with E-state index in [1.807, 2.05) is 31.2 Å². The molecular weight excluding hydrogens is 309 g/mol. The van der Waals surface area contributed by atoms with Gasteiger partial charge in [0.15, 0.2) is 4.33 Å². The van der Waals surface area contributed by atoms with Gasteiger partial charge in [0.1, 0.15) is 0 Å². The number of nitrogens with zero attached hydrogens (tertiary/aromatic N) is 1. The number of alkyl halides is 2. The molecule has 0 aliphatic heterocycles. The molecule has 1 aliphatic rings. The van der Waals surface area contributed by atoms with Crippen LogP contribution in [0.3, 0.4) is 0 Å². The zero-order valence-corrected chi connectivity index (χ0v) is 12.9. The Balaban J connectivity index is 2.11. The molecule has 1 unspecified atom stereocenters. The van der Waals surface area contributed by atoms with Gasteiger partial charge < -0.3 is 0 Å². The fraction of sp³-hybridized carbons (Fsp3) is 0.250. The first-order valence-corrected chi connectivity index (χ1v) is 7.38. The Labute approximate surface area is 132 Å². The Hall–Kier alpha value is -1.58. The third-order valence-electron chi connectivity index (χ3n) is 4.09. The Morgan fingerprint density at radius 3 is 2.62 bits per heavy atom. The van der Waals surface area contributed by atoms with Crippen LogP contribution in [-0.2, 0) is 10.8 Å². The molecule has 2 aromatic rings. The highest BCUT2D eigenvalue weighted by Gasteiger charge is 2.45. The van der Waals surface area contributed by atoms with Crippen LogP contribution in [0.4, 0.5) is 5.69 Å². The molecular formula is C16H13Cl2NO2. The number of rotatable bonds is 2. The van der Waals surface area contributed by atoms with E-state index in [2.05, 4.69) is 0 Å². The lowest BCUT2D eigenvalue weighted by atomic mass is 9.91. The summed E-state index contributed by atoms with van der Waals surface area (Å²) < 4.78 is -1.06. The number of nitro groups is 1. The zero-order chi connectivity index (χ0) is 15.2. The molecule has 2 aromatic carbocycles. The van der Waals surface area contributed by atoms with E-state index in [4.69, 9.17) is 23.2 Å². The van der Waals surface area contributed by atoms with Crippen molar-refractivity contribution in [1.29, 1.82) is 0 Å². The van der Waals surface area contributed by atoms with Gasteiger partial charge in [-0.25, -0.2) is 0 Å². The van der Waals surface area contributed by atoms with Crippen molar-refractivity contribution in [2.45, 2.75) is 23.6 Å². The molecule has 0 spiro atoms. The maximum absolute atomic E-state index is 11.0. The zero-order valence-electron chi connectivity index (χ0n) is 11.3. The van der Waals surface area contributed by atoms with Gasteiger partial charge in [-0.15, -0.1) is 0 Å². The molecule has 0 bridgehead atoms. The fourth-order valence-electron chi connectivity index (χ4n) is 2.98. The van der Waals surface area contributed by atoms with E-state index in [0.29, 0.717) is 6.42 Å². The van der Waals surface area contributed by atoms with Gasteiger partial charge in [0.25, 0.3) is 5.69 Å². The smallest absolute Gasteiger partial charge is 0.258 e. The molecule has 1 atom stereocenters. The number of fused-ring (bicyclic) bond motifs is 1. The van der Waals surface area contributed by atoms with Crippen LogP contribution >= 0.6 is 23.2 Å². The molecule has 21 heavy (non-hydrogen) atoms. The van der Waals surface area contributed by atoms with Crippen molar-refractivity contribution in [2.24, 2.45) is 0 Å². The Bertz CT molecular complexity index is 728. The van der Waals surface area contributed by atoms with Crippen molar-refractivity contribution in [2.75, 3.05) is 0 Å². The van der Waals surface area contributed by atoms with E-state index in [9.17, 15) is 10.1 Å². The summed E-state index contributed by atoms with van der Waals surface area (Å²) >= 11 is 13.2. The SMILES string of the molecule is Cc1ccc([N+](=O)[O-])cc1C1Cc2ccccc2C1(Cl)Cl. The predicted molar refractivity (Wildman–Crippen MR) is 84.1 cm³/mol. The van der Waals surface area contributed by atoms with Gasteiger partial charge in [-0.05, 0) is 35.6 Å². The summed E-state index contributed by atoms with van der Waals surface area (Å²) in [4.78, 5) is 10.6. The number of non-ortho nitro benzene ring substituents is 1. The summed E-state index contributed by atoms with van der Waals surface area (Å²) in [7, 11) is 0. The average Bonchev–Trinajstić information content (AvgIpc) is 2.71. The number of aryl methyl sites for hydroxylation is 1. The summed E-state index contributed by atoms with van der Waals surface area (Å²) in [6.07, 6.45) is 0.686. The van der Waals surface area contributed by atoms with Gasteiger partial charge in [0.05, 0.1) is 4.92 Å². The third kappa shape index (κ3) is 2.30. The summed E-state index contributed by atoms with van der Waals surface area (Å²) in [5.74, 6) is -0.182. The number of benzene rings is 2. The molecule has 0 saturated heterocycles. The summed E-state index contributed by atoms with van der Waals surface area (Å²) in [6, 6.07) is 12.6. The van der Waals surface area contributed by atoms with Crippen LogP contribution in [0.1, 0.15) is 28.2 Å². The lowest BCUT2D eigenvalue weighted by molar-refractivity contribution is -0.384. The fourth-order valence-corrected chi connectivity index (χ4v) is 3.74. The largest absolute Gasteiger partial charge is 0.269 e. The van der Waals surface area contributed by atoms with Crippen LogP contribution in [0.2, 0.25) is 0 Å². The van der Waals surface area contributed by atoms with Gasteiger partial charge in [-0.1, -0.05) is 53.5 Å². The van der Waals surface area contributed by atoms with Gasteiger partial charge in [0, 0.05) is 18.1 Å². The highest BCUT2D eigenvalue weighted by molar-refractivity contribution is 6.49. The number of halogens is 2. The first-order chi connectivity index (χ1) is 9.91. The Kier molecular flexibility index (Phi) is 3.42. The van der Waals surface area contributed by atoms with Crippen LogP contribution in [0.25, 0.3) is 0 Å². The molecule has 1 aliphatic carbocycles. The standard InChI is InChI=1S/C16H13Cl2NO2/c1-10-6-7-12(19(20)21)9-13(10)15-8-11-4-2-3-5-14(11)16(15,17)18/h2-7,9,15H,8H2,1H3. The van der Waals surface area contributed by atoms with Gasteiger partial charge >= 0.3 is 0 Å². The van der Waals surface area contributed by atoms with Crippen LogP contribution < -0.4 is 0 Å². The molecule has 0 aromatic heterocycles. The summed E-state index contributed by atoms with van der Waals surface area (Å²) in [5, 5.41) is 11.0. The molecule has 3 rings (SSSR count). The van der Waals surface area contributed by atoms with Crippen molar-refractivity contribution in [3.63, 3.8) is 0 Å². The molecule has 5 heteroatoms. The second-order valence-corrected chi connectivity index (χ2v) is 6.72. The first-order valence-electron chi connectivity index (χ1n) is 6.62. The molecule has 108 valence electrons. The third-order valence-corrected chi connectivity index (χ3v) is 5.02. The average molecular weight is 322 g/mol. The number of nitro benzene ring substituents is 1. The molecule has 0 amide bonds. The highest BCUT2D eigenvalue weighted by atomic mass is 35.5. The Morgan fingerprint density at radius 2 is 1.95 bits per heavy atom. The van der Waals surface area contributed by atoms with Crippen LogP contribution in [0.15, 0.2) is 42.5 Å². The maximum Gasteiger partial charge on any atom is 0.269 e. The minimum Gasteiger partial charge on any atom is -0.258 e. The molecule has 3 nitrogen and oxygen atoms in total. The number of hydrogen-bond acceptors (Lipinski definition) is 2. The maximum atomic E-state index is 11.0. The lowest BCUT2D eigenvalue weighted by Crippen LogP contribution is -2.17. The Morgan fingerprint density at radius 1 is 1.24 bits per heavy atom. The molecule has 0 saturated carbocycles. The molecule has 0 fully saturated rings. The van der Waals surface area contributed by atoms with Crippen LogP contribution in [0.5, 0.6) is 0 Å². The van der Waals surface area contributed by atoms with E-state index in [1.165, 1.54) is 6.07 Å². The van der Waals surface area contributed by atoms with E-state index in [0.717, 1.165) is 22.3 Å². The second kappa shape index (κ2) is 5.00. The monoisotopic (exact) mass is 321 g/mol. The van der Waals surface area contributed by atoms with E-state index >= 15 is 0 Å². The summed E-state index contributed by atoms with van der Waals surface area (Å²) in [5.41, 5.74) is 3.85. The minimum atomic E-state index is -1.06. The van der Waals surface area contributed by atoms with E-state index in [-0.39, 0.29) is 11.6 Å². The van der Waals surface area contributed by atoms with Crippen molar-refractivity contribution in [3.05, 3.63) is 74.8 Å². The molecule has 0 heterocycles. The van der Waals surface area contributed by atoms with Gasteiger partial charge in [-0.3, -0.25) is 10.1 Å². The molecule has 0 N–H and O–H groups in total. The van der Waals surface area contributed by atoms with Gasteiger partial charge in [-0.2, -0.15) is 0 Å². The van der Waals surface area contributed by atoms with Crippen molar-refractivity contribution in [1.82, 2.24) is 0 Å². The number of hydrogen-bond donors (Lipinski definition) is 0. The lowest BCUT2D eigenvalue weighted by Gasteiger charge is -2.25. The topological polar surface area (TPSA) is 43.1 Å². The van der Waals surface area contributed by atoms with Crippen LogP contribution in [0, 0.1) is 17.0 Å². The van der Waals surface area contributed by atoms with Crippen molar-refractivity contribution < 1.29 is 4.92 Å². The quantitative estimate of drug-likeness (QED) is 0.449. The van der Waals surface area contributed by atoms with Gasteiger partial charge in [0.2, 0.25) is 0 Å². The van der Waals surface area contributed by atoms with E-state index < -0.39 is 9.26 Å². The summed E-state index contributed by atoms with van der Waals surface area (Å²) in [6.45, 7) is 1.92. The minimum absolute atomic E-state index is 0.0655. The predicted octanol–water partition coefficient (Wildman–Crippen LogP) is 4.87. The van der Waals surface area contributed by atoms with Crippen LogP contribution in [-0.4, -0.2) is 4.92 Å². The van der Waals surface area contributed by atoms with Crippen molar-refractivity contribution >= 4 is 28.9 Å². The normalized spacial score (nSPS) is 19.3. The van der Waals surface area contributed by atoms with E-state index in [1.54, 1.807) is 12.1 Å². The second-order valence-electron chi connectivity index (χ2n) is 5.33. The molecule has 0 radical (unpaired) electrons. The van der Waals surface area contributed by atoms with Crippen molar-refractivity contribution in [3.8, 4) is 0 Å².